The highest BCUT2D eigenvalue weighted by molar-refractivity contribution is 6.22. The molecule has 1 aromatic heterocycles. The molecule has 1 heterocycles. The molecule has 0 radical (unpaired) electrons. The lowest BCUT2D eigenvalue weighted by molar-refractivity contribution is 1.23. The number of nitrogens with zero attached hydrogens (tertiary/aromatic N) is 2. The fraction of sp³-hybridized carbons (Fsp3) is 0. The van der Waals surface area contributed by atoms with E-state index in [1.807, 2.05) is 0 Å². The quantitative estimate of drug-likeness (QED) is 0.176. The van der Waals surface area contributed by atoms with Crippen LogP contribution in [0, 0.1) is 0 Å². The summed E-state index contributed by atoms with van der Waals surface area (Å²) in [6.07, 6.45) is 0. The Labute approximate surface area is 301 Å². The third-order valence-electron chi connectivity index (χ3n) is 10.7. The molecule has 240 valence electrons. The van der Waals surface area contributed by atoms with Crippen molar-refractivity contribution >= 4 is 43.1 Å². The first-order chi connectivity index (χ1) is 25.7. The van der Waals surface area contributed by atoms with Crippen molar-refractivity contribution in [2.45, 2.75) is 0 Å². The molecule has 0 saturated heterocycles. The van der Waals surface area contributed by atoms with Crippen molar-refractivity contribution in [1.29, 1.82) is 0 Å². The van der Waals surface area contributed by atoms with E-state index < -0.39 is 0 Å². The lowest BCUT2D eigenvalue weighted by Gasteiger charge is -2.14. The van der Waals surface area contributed by atoms with Crippen molar-refractivity contribution in [3.8, 4) is 67.3 Å². The molecule has 0 amide bonds. The fourth-order valence-corrected chi connectivity index (χ4v) is 8.17. The molecular weight excluding hydrogens is 629 g/mol. The van der Waals surface area contributed by atoms with Crippen LogP contribution in [-0.4, -0.2) is 9.97 Å². The van der Waals surface area contributed by atoms with Crippen molar-refractivity contribution in [1.82, 2.24) is 9.97 Å². The highest BCUT2D eigenvalue weighted by atomic mass is 14.9. The van der Waals surface area contributed by atoms with E-state index in [-0.39, 0.29) is 0 Å². The summed E-state index contributed by atoms with van der Waals surface area (Å²) >= 11 is 0. The maximum absolute atomic E-state index is 5.59. The molecule has 0 fully saturated rings. The van der Waals surface area contributed by atoms with E-state index in [1.54, 1.807) is 0 Å². The van der Waals surface area contributed by atoms with Gasteiger partial charge in [-0.3, -0.25) is 0 Å². The van der Waals surface area contributed by atoms with Gasteiger partial charge in [-0.15, -0.1) is 0 Å². The molecule has 0 N–H and O–H groups in total. The second kappa shape index (κ2) is 11.3. The van der Waals surface area contributed by atoms with Crippen molar-refractivity contribution in [3.63, 3.8) is 0 Å². The molecule has 2 heteroatoms. The second-order valence-corrected chi connectivity index (χ2v) is 13.8. The molecule has 1 aliphatic carbocycles. The SMILES string of the molecule is c1ccc(-c2ccc3cc(-c4nc5c(nc4-c4ccc6cc(-c7ccccc7)ccc6c4)-c4cc6ccccc6c6cccc-5c46)ccc3c2)cc1. The fourth-order valence-electron chi connectivity index (χ4n) is 8.17. The Hall–Kier alpha value is -6.90. The number of fused-ring (bicyclic) bond motifs is 7. The minimum Gasteiger partial charge on any atom is -0.243 e. The van der Waals surface area contributed by atoms with Gasteiger partial charge in [-0.05, 0) is 90.3 Å². The Balaban J connectivity index is 1.12. The minimum atomic E-state index is 0.891. The van der Waals surface area contributed by atoms with Crippen LogP contribution in [0.5, 0.6) is 0 Å². The van der Waals surface area contributed by atoms with Gasteiger partial charge in [-0.2, -0.15) is 0 Å². The molecule has 0 saturated carbocycles. The Morgan fingerprint density at radius 2 is 0.712 bits per heavy atom. The number of aromatic nitrogens is 2. The van der Waals surface area contributed by atoms with Gasteiger partial charge in [0.2, 0.25) is 0 Å². The van der Waals surface area contributed by atoms with Crippen LogP contribution < -0.4 is 0 Å². The lowest BCUT2D eigenvalue weighted by Crippen LogP contribution is -1.98. The van der Waals surface area contributed by atoms with Crippen LogP contribution in [0.2, 0.25) is 0 Å². The zero-order valence-electron chi connectivity index (χ0n) is 28.2. The Morgan fingerprint density at radius 1 is 0.250 bits per heavy atom. The second-order valence-electron chi connectivity index (χ2n) is 13.8. The summed E-state index contributed by atoms with van der Waals surface area (Å²) in [5.74, 6) is 0. The molecular formula is C50H30N2. The summed E-state index contributed by atoms with van der Waals surface area (Å²) < 4.78 is 0. The molecule has 0 unspecified atom stereocenters. The third kappa shape index (κ3) is 4.51. The van der Waals surface area contributed by atoms with E-state index >= 15 is 0 Å². The zero-order chi connectivity index (χ0) is 34.2. The molecule has 0 bridgehead atoms. The summed E-state index contributed by atoms with van der Waals surface area (Å²) in [6, 6.07) is 65.5. The molecule has 9 aromatic carbocycles. The summed E-state index contributed by atoms with van der Waals surface area (Å²) in [7, 11) is 0. The predicted molar refractivity (Wildman–Crippen MR) is 218 cm³/mol. The van der Waals surface area contributed by atoms with Crippen LogP contribution in [0.25, 0.3) is 110 Å². The number of hydrogen-bond acceptors (Lipinski definition) is 2. The molecule has 1 aliphatic rings. The number of hydrogen-bond donors (Lipinski definition) is 0. The van der Waals surface area contributed by atoms with Crippen LogP contribution in [0.1, 0.15) is 0 Å². The highest BCUT2D eigenvalue weighted by Crippen LogP contribution is 2.49. The van der Waals surface area contributed by atoms with Gasteiger partial charge in [-0.25, -0.2) is 9.97 Å². The first-order valence-corrected chi connectivity index (χ1v) is 17.8. The number of benzene rings is 9. The van der Waals surface area contributed by atoms with Gasteiger partial charge < -0.3 is 0 Å². The van der Waals surface area contributed by atoms with Crippen molar-refractivity contribution in [3.05, 3.63) is 182 Å². The van der Waals surface area contributed by atoms with E-state index in [4.69, 9.17) is 9.97 Å². The van der Waals surface area contributed by atoms with Gasteiger partial charge in [0, 0.05) is 27.6 Å². The van der Waals surface area contributed by atoms with Crippen LogP contribution in [0.15, 0.2) is 182 Å². The van der Waals surface area contributed by atoms with Gasteiger partial charge in [0.15, 0.2) is 0 Å². The van der Waals surface area contributed by atoms with E-state index in [9.17, 15) is 0 Å². The smallest absolute Gasteiger partial charge is 0.0980 e. The zero-order valence-corrected chi connectivity index (χ0v) is 28.2. The maximum atomic E-state index is 5.59. The van der Waals surface area contributed by atoms with E-state index in [1.165, 1.54) is 65.3 Å². The first kappa shape index (κ1) is 28.9. The lowest BCUT2D eigenvalue weighted by atomic mass is 9.96. The van der Waals surface area contributed by atoms with Gasteiger partial charge in [0.25, 0.3) is 0 Å². The van der Waals surface area contributed by atoms with E-state index in [2.05, 4.69) is 182 Å². The Morgan fingerprint density at radius 3 is 1.29 bits per heavy atom. The largest absolute Gasteiger partial charge is 0.243 e. The molecule has 0 atom stereocenters. The van der Waals surface area contributed by atoms with Crippen LogP contribution in [-0.2, 0) is 0 Å². The Bertz CT molecular complexity index is 3050. The predicted octanol–water partition coefficient (Wildman–Crippen LogP) is 13.4. The van der Waals surface area contributed by atoms with Gasteiger partial charge in [-0.1, -0.05) is 152 Å². The van der Waals surface area contributed by atoms with Gasteiger partial charge in [0.05, 0.1) is 22.8 Å². The van der Waals surface area contributed by atoms with Crippen LogP contribution in [0.3, 0.4) is 0 Å². The van der Waals surface area contributed by atoms with E-state index in [0.29, 0.717) is 0 Å². The maximum Gasteiger partial charge on any atom is 0.0980 e. The average molecular weight is 659 g/mol. The average Bonchev–Trinajstić information content (AvgIpc) is 3.53. The minimum absolute atomic E-state index is 0.891. The molecule has 10 aromatic rings. The highest BCUT2D eigenvalue weighted by Gasteiger charge is 2.28. The molecule has 0 spiro atoms. The molecule has 52 heavy (non-hydrogen) atoms. The summed E-state index contributed by atoms with van der Waals surface area (Å²) in [4.78, 5) is 11.2. The Kier molecular flexibility index (Phi) is 6.28. The topological polar surface area (TPSA) is 25.8 Å². The van der Waals surface area contributed by atoms with Gasteiger partial charge in [0.1, 0.15) is 0 Å². The third-order valence-corrected chi connectivity index (χ3v) is 10.7. The summed E-state index contributed by atoms with van der Waals surface area (Å²) in [5.41, 5.74) is 12.9. The van der Waals surface area contributed by atoms with E-state index in [0.717, 1.165) is 45.0 Å². The molecule has 2 nitrogen and oxygen atoms in total. The van der Waals surface area contributed by atoms with Crippen molar-refractivity contribution < 1.29 is 0 Å². The summed E-state index contributed by atoms with van der Waals surface area (Å²) in [6.45, 7) is 0. The molecule has 11 rings (SSSR count). The first-order valence-electron chi connectivity index (χ1n) is 17.8. The van der Waals surface area contributed by atoms with Crippen molar-refractivity contribution in [2.75, 3.05) is 0 Å². The summed E-state index contributed by atoms with van der Waals surface area (Å²) in [5, 5.41) is 9.69. The monoisotopic (exact) mass is 658 g/mol. The molecule has 0 aliphatic heterocycles. The van der Waals surface area contributed by atoms with Crippen LogP contribution >= 0.6 is 0 Å². The van der Waals surface area contributed by atoms with Gasteiger partial charge >= 0.3 is 0 Å². The standard InChI is InChI=1S/C50H30N2/c1-3-10-31(11-4-1)33-18-20-37-28-40(24-22-35(37)26-33)47-48(41-25-23-36-27-34(19-21-38(36)29-41)32-12-5-2-6-13-32)52-50-45-30-39-14-7-8-15-42(39)43-16-9-17-44(46(43)45)49(50)51-47/h1-30H. The normalized spacial score (nSPS) is 11.8. The van der Waals surface area contributed by atoms with Crippen molar-refractivity contribution in [2.24, 2.45) is 0 Å². The number of rotatable bonds is 4. The van der Waals surface area contributed by atoms with Crippen LogP contribution in [0.4, 0.5) is 0 Å².